The molecule has 0 aromatic heterocycles. The highest BCUT2D eigenvalue weighted by molar-refractivity contribution is 6.99. The van der Waals surface area contributed by atoms with Gasteiger partial charge < -0.3 is 19.4 Å². The van der Waals surface area contributed by atoms with Crippen LogP contribution in [0.3, 0.4) is 0 Å². The maximum Gasteiger partial charge on any atom is 0.261 e. The van der Waals surface area contributed by atoms with E-state index in [1.165, 1.54) is 0 Å². The highest BCUT2D eigenvalue weighted by Crippen LogP contribution is 2.39. The Balaban J connectivity index is 2.13. The summed E-state index contributed by atoms with van der Waals surface area (Å²) >= 11 is 0. The molecule has 0 spiro atoms. The number of rotatable bonds is 7. The quantitative estimate of drug-likeness (QED) is 0.306. The van der Waals surface area contributed by atoms with Crippen LogP contribution in [0, 0.1) is 0 Å². The van der Waals surface area contributed by atoms with Gasteiger partial charge in [0.1, 0.15) is 6.10 Å². The van der Waals surface area contributed by atoms with Gasteiger partial charge in [-0.05, 0) is 20.9 Å². The first kappa shape index (κ1) is 22.5. The monoisotopic (exact) mass is 427 g/mol. The van der Waals surface area contributed by atoms with Crippen molar-refractivity contribution in [2.75, 3.05) is 13.2 Å². The molecule has 2 aromatic carbocycles. The molecule has 7 nitrogen and oxygen atoms in total. The van der Waals surface area contributed by atoms with E-state index in [1.807, 2.05) is 36.4 Å². The molecule has 0 saturated carbocycles. The van der Waals surface area contributed by atoms with Crippen molar-refractivity contribution in [3.63, 3.8) is 0 Å². The van der Waals surface area contributed by atoms with E-state index in [2.05, 4.69) is 55.1 Å². The maximum absolute atomic E-state index is 10.2. The summed E-state index contributed by atoms with van der Waals surface area (Å²) in [6, 6.07) is 19.6. The summed E-state index contributed by atoms with van der Waals surface area (Å²) in [6.07, 6.45) is -2.50. The number of benzene rings is 2. The summed E-state index contributed by atoms with van der Waals surface area (Å²) in [7, 11) is -2.87. The van der Waals surface area contributed by atoms with E-state index < -0.39 is 39.3 Å². The largest absolute Gasteiger partial charge is 0.402 e. The Labute approximate surface area is 178 Å². The van der Waals surface area contributed by atoms with Crippen LogP contribution in [0.15, 0.2) is 65.8 Å². The molecule has 30 heavy (non-hydrogen) atoms. The van der Waals surface area contributed by atoms with Crippen LogP contribution in [0.1, 0.15) is 20.8 Å². The molecule has 1 aliphatic heterocycles. The number of hydrogen-bond donors (Lipinski definition) is 2. The maximum atomic E-state index is 10.2. The standard InChI is InChI=1S/C22H29N3O4Si/c1-22(2,3)30(16-10-6-4-7-11-16,17-12-8-5-9-13-17)29-19-15-28-21(18(27)14-26)20(19)24-25-23/h4-13,18-21,26-27H,14-15H2,1-3H3/t18-,19-,20+,21+/m0/s1. The van der Waals surface area contributed by atoms with Crippen LogP contribution in [0.5, 0.6) is 0 Å². The van der Waals surface area contributed by atoms with Crippen LogP contribution >= 0.6 is 0 Å². The van der Waals surface area contributed by atoms with E-state index in [0.717, 1.165) is 10.4 Å². The second-order valence-corrected chi connectivity index (χ2v) is 12.8. The van der Waals surface area contributed by atoms with Crippen molar-refractivity contribution in [2.24, 2.45) is 5.11 Å². The molecule has 0 unspecified atom stereocenters. The summed E-state index contributed by atoms with van der Waals surface area (Å²) in [4.78, 5) is 2.96. The zero-order valence-corrected chi connectivity index (χ0v) is 18.5. The van der Waals surface area contributed by atoms with Crippen LogP contribution in [0.2, 0.25) is 5.04 Å². The topological polar surface area (TPSA) is 108 Å². The first-order valence-corrected chi connectivity index (χ1v) is 12.0. The zero-order valence-electron chi connectivity index (χ0n) is 17.5. The molecule has 3 rings (SSSR count). The molecule has 1 fully saturated rings. The van der Waals surface area contributed by atoms with Crippen molar-refractivity contribution in [3.05, 3.63) is 71.1 Å². The van der Waals surface area contributed by atoms with Gasteiger partial charge in [-0.15, -0.1) is 0 Å². The van der Waals surface area contributed by atoms with Crippen LogP contribution in [-0.4, -0.2) is 56.1 Å². The van der Waals surface area contributed by atoms with Gasteiger partial charge in [0.15, 0.2) is 0 Å². The van der Waals surface area contributed by atoms with E-state index in [-0.39, 0.29) is 11.6 Å². The van der Waals surface area contributed by atoms with Gasteiger partial charge in [-0.1, -0.05) is 86.5 Å². The predicted octanol–water partition coefficient (Wildman–Crippen LogP) is 2.36. The number of hydrogen-bond acceptors (Lipinski definition) is 5. The van der Waals surface area contributed by atoms with Crippen molar-refractivity contribution in [1.29, 1.82) is 0 Å². The molecule has 8 heteroatoms. The van der Waals surface area contributed by atoms with Crippen molar-refractivity contribution in [1.82, 2.24) is 0 Å². The molecule has 0 bridgehead atoms. The molecule has 2 aromatic rings. The van der Waals surface area contributed by atoms with Crippen molar-refractivity contribution >= 4 is 18.7 Å². The molecule has 0 amide bonds. The molecule has 0 radical (unpaired) electrons. The second-order valence-electron chi connectivity index (χ2n) is 8.56. The van der Waals surface area contributed by atoms with Crippen molar-refractivity contribution in [2.45, 2.75) is 50.2 Å². The van der Waals surface area contributed by atoms with Crippen molar-refractivity contribution in [3.8, 4) is 0 Å². The molecular weight excluding hydrogens is 398 g/mol. The highest BCUT2D eigenvalue weighted by atomic mass is 28.4. The number of azide groups is 1. The van der Waals surface area contributed by atoms with Gasteiger partial charge >= 0.3 is 0 Å². The van der Waals surface area contributed by atoms with Crippen LogP contribution in [0.25, 0.3) is 10.4 Å². The van der Waals surface area contributed by atoms with E-state index in [4.69, 9.17) is 14.7 Å². The summed E-state index contributed by atoms with van der Waals surface area (Å²) in [6.45, 7) is 6.19. The van der Waals surface area contributed by atoms with Gasteiger partial charge in [-0.3, -0.25) is 0 Å². The Morgan fingerprint density at radius 2 is 1.67 bits per heavy atom. The Hall–Kier alpha value is -2.19. The predicted molar refractivity (Wildman–Crippen MR) is 118 cm³/mol. The fourth-order valence-electron chi connectivity index (χ4n) is 4.28. The lowest BCUT2D eigenvalue weighted by atomic mass is 10.1. The smallest absolute Gasteiger partial charge is 0.261 e. The average molecular weight is 428 g/mol. The van der Waals surface area contributed by atoms with E-state index in [1.54, 1.807) is 0 Å². The van der Waals surface area contributed by atoms with E-state index in [0.29, 0.717) is 0 Å². The number of aliphatic hydroxyl groups excluding tert-OH is 2. The van der Waals surface area contributed by atoms with Crippen LogP contribution < -0.4 is 10.4 Å². The third kappa shape index (κ3) is 4.16. The minimum absolute atomic E-state index is 0.176. The summed E-state index contributed by atoms with van der Waals surface area (Å²) in [5.74, 6) is 0. The average Bonchev–Trinajstić information content (AvgIpc) is 3.14. The van der Waals surface area contributed by atoms with E-state index >= 15 is 0 Å². The Morgan fingerprint density at radius 1 is 1.13 bits per heavy atom. The Kier molecular flexibility index (Phi) is 6.97. The summed E-state index contributed by atoms with van der Waals surface area (Å²) in [5.41, 5.74) is 9.12. The molecule has 160 valence electrons. The second kappa shape index (κ2) is 9.30. The Bertz CT molecular complexity index is 829. The minimum atomic E-state index is -2.87. The molecule has 0 aliphatic carbocycles. The number of ether oxygens (including phenoxy) is 1. The highest BCUT2D eigenvalue weighted by Gasteiger charge is 2.54. The van der Waals surface area contributed by atoms with Crippen LogP contribution in [-0.2, 0) is 9.16 Å². The zero-order chi connectivity index (χ0) is 21.8. The Morgan fingerprint density at radius 3 is 2.10 bits per heavy atom. The number of aliphatic hydroxyl groups is 2. The first-order chi connectivity index (χ1) is 14.3. The van der Waals surface area contributed by atoms with Gasteiger partial charge in [0.25, 0.3) is 8.32 Å². The fourth-order valence-corrected chi connectivity index (χ4v) is 8.96. The third-order valence-electron chi connectivity index (χ3n) is 5.67. The molecule has 1 saturated heterocycles. The SMILES string of the molecule is CC(C)(C)[Si](O[C@H]1CO[C@H]([C@@H](O)CO)[C@@H]1N=[N+]=[N-])(c1ccccc1)c1ccccc1. The molecular formula is C22H29N3O4Si. The minimum Gasteiger partial charge on any atom is -0.402 e. The molecule has 1 aliphatic rings. The van der Waals surface area contributed by atoms with Crippen molar-refractivity contribution < 1.29 is 19.4 Å². The lowest BCUT2D eigenvalue weighted by Gasteiger charge is -2.45. The third-order valence-corrected chi connectivity index (χ3v) is 10.7. The first-order valence-electron chi connectivity index (χ1n) is 10.1. The molecule has 4 atom stereocenters. The van der Waals surface area contributed by atoms with Crippen LogP contribution in [0.4, 0.5) is 0 Å². The molecule has 2 N–H and O–H groups in total. The van der Waals surface area contributed by atoms with Gasteiger partial charge in [-0.2, -0.15) is 0 Å². The molecule has 1 heterocycles. The lowest BCUT2D eigenvalue weighted by molar-refractivity contribution is -0.0332. The number of nitrogens with zero attached hydrogens (tertiary/aromatic N) is 3. The lowest BCUT2D eigenvalue weighted by Crippen LogP contribution is -2.68. The normalized spacial score (nSPS) is 23.0. The van der Waals surface area contributed by atoms with Gasteiger partial charge in [0.05, 0.1) is 31.5 Å². The van der Waals surface area contributed by atoms with Gasteiger partial charge in [-0.25, -0.2) is 0 Å². The van der Waals surface area contributed by atoms with E-state index in [9.17, 15) is 10.2 Å². The van der Waals surface area contributed by atoms with Gasteiger partial charge in [0, 0.05) is 4.91 Å². The summed E-state index contributed by atoms with van der Waals surface area (Å²) < 4.78 is 12.7. The van der Waals surface area contributed by atoms with Gasteiger partial charge in [0.2, 0.25) is 0 Å². The summed E-state index contributed by atoms with van der Waals surface area (Å²) in [5, 5.41) is 25.4. The fraction of sp³-hybridized carbons (Fsp3) is 0.455.